The van der Waals surface area contributed by atoms with E-state index in [4.69, 9.17) is 29.6 Å². The first-order chi connectivity index (χ1) is 13.8. The topological polar surface area (TPSA) is 75.3 Å². The fourth-order valence-corrected chi connectivity index (χ4v) is 3.43. The van der Waals surface area contributed by atoms with Crippen molar-refractivity contribution < 1.29 is 14.3 Å². The van der Waals surface area contributed by atoms with Crippen LogP contribution in [0.4, 0.5) is 15.8 Å². The van der Waals surface area contributed by atoms with Gasteiger partial charge in [-0.05, 0) is 36.2 Å². The molecule has 0 radical (unpaired) electrons. The van der Waals surface area contributed by atoms with Crippen molar-refractivity contribution >= 4 is 46.2 Å². The number of thiocarbonyl (C=S) groups is 1. The molecule has 1 atom stereocenters. The van der Waals surface area contributed by atoms with Crippen LogP contribution in [0.5, 0.6) is 0 Å². The smallest absolute Gasteiger partial charge is 0.315 e. The third-order valence-electron chi connectivity index (χ3n) is 4.52. The van der Waals surface area contributed by atoms with Crippen LogP contribution in [0.3, 0.4) is 0 Å². The molecule has 0 heterocycles. The number of benzene rings is 3. The molecule has 148 valence electrons. The van der Waals surface area contributed by atoms with Crippen molar-refractivity contribution in [2.24, 2.45) is 5.73 Å². The summed E-state index contributed by atoms with van der Waals surface area (Å²) >= 11 is 11.1. The molecule has 0 aliphatic carbocycles. The van der Waals surface area contributed by atoms with Crippen molar-refractivity contribution in [1.82, 2.24) is 0 Å². The molecule has 0 saturated carbocycles. The van der Waals surface area contributed by atoms with Gasteiger partial charge in [0.1, 0.15) is 16.7 Å². The highest BCUT2D eigenvalue weighted by atomic mass is 35.5. The van der Waals surface area contributed by atoms with Crippen molar-refractivity contribution in [3.05, 3.63) is 93.8 Å². The highest BCUT2D eigenvalue weighted by Gasteiger charge is 2.26. The molecular weight excluding hydrogens is 411 g/mol. The first-order valence-corrected chi connectivity index (χ1v) is 9.50. The maximum Gasteiger partial charge on any atom is 0.315 e. The van der Waals surface area contributed by atoms with E-state index in [-0.39, 0.29) is 15.7 Å². The van der Waals surface area contributed by atoms with Crippen LogP contribution in [0.2, 0.25) is 5.02 Å². The third-order valence-corrected chi connectivity index (χ3v) is 5.07. The molecule has 29 heavy (non-hydrogen) atoms. The number of anilines is 2. The van der Waals surface area contributed by atoms with Crippen molar-refractivity contribution in [2.45, 2.75) is 12.8 Å². The molecule has 3 aromatic carbocycles. The van der Waals surface area contributed by atoms with Gasteiger partial charge in [-0.25, -0.2) is 4.39 Å². The molecule has 0 fully saturated rings. The second-order valence-electron chi connectivity index (χ2n) is 6.57. The molecule has 0 saturated heterocycles. The summed E-state index contributed by atoms with van der Waals surface area (Å²) in [5.41, 5.74) is 8.72. The van der Waals surface area contributed by atoms with E-state index in [0.717, 1.165) is 5.56 Å². The monoisotopic (exact) mass is 428 g/mol. The number of aliphatic carboxylic acids is 1. The minimum absolute atomic E-state index is 0.0900. The standard InChI is InChI=1S/C22H18ClFN2O2S/c1-12-5-10-18(26-20-16(23)3-2-4-17(20)24)15(11-12)19(22(27)28)13-6-8-14(9-7-13)21(25)29/h2-11,19,26H,1H3,(H2,25,29)(H,27,28). The van der Waals surface area contributed by atoms with Gasteiger partial charge in [0.25, 0.3) is 0 Å². The SMILES string of the molecule is Cc1ccc(Nc2c(F)cccc2Cl)c(C(C(=O)O)c2ccc(C(N)=S)cc2)c1. The van der Waals surface area contributed by atoms with E-state index < -0.39 is 17.7 Å². The number of rotatable bonds is 6. The average molecular weight is 429 g/mol. The molecule has 0 aliphatic rings. The zero-order chi connectivity index (χ0) is 21.1. The maximum atomic E-state index is 14.3. The van der Waals surface area contributed by atoms with Gasteiger partial charge in [-0.1, -0.05) is 71.8 Å². The van der Waals surface area contributed by atoms with Crippen LogP contribution in [0, 0.1) is 12.7 Å². The Labute approximate surface area is 178 Å². The van der Waals surface area contributed by atoms with E-state index in [2.05, 4.69) is 5.32 Å². The molecular formula is C22H18ClFN2O2S. The Hall–Kier alpha value is -2.96. The van der Waals surface area contributed by atoms with Gasteiger partial charge in [0.15, 0.2) is 0 Å². The molecule has 0 amide bonds. The molecule has 0 bridgehead atoms. The fraction of sp³-hybridized carbons (Fsp3) is 0.0909. The van der Waals surface area contributed by atoms with E-state index in [9.17, 15) is 14.3 Å². The van der Waals surface area contributed by atoms with Crippen molar-refractivity contribution in [2.75, 3.05) is 5.32 Å². The Morgan fingerprint density at radius 3 is 2.45 bits per heavy atom. The molecule has 1 unspecified atom stereocenters. The highest BCUT2D eigenvalue weighted by Crippen LogP contribution is 2.36. The van der Waals surface area contributed by atoms with Crippen LogP contribution in [-0.4, -0.2) is 16.1 Å². The molecule has 4 nitrogen and oxygen atoms in total. The number of carboxylic acid groups (broad SMARTS) is 1. The summed E-state index contributed by atoms with van der Waals surface area (Å²) in [6.07, 6.45) is 0. The lowest BCUT2D eigenvalue weighted by atomic mass is 9.88. The van der Waals surface area contributed by atoms with Gasteiger partial charge < -0.3 is 16.2 Å². The molecule has 7 heteroatoms. The largest absolute Gasteiger partial charge is 0.481 e. The second-order valence-corrected chi connectivity index (χ2v) is 7.42. The van der Waals surface area contributed by atoms with Crippen LogP contribution in [0.15, 0.2) is 60.7 Å². The van der Waals surface area contributed by atoms with Gasteiger partial charge in [0, 0.05) is 11.3 Å². The summed E-state index contributed by atoms with van der Waals surface area (Å²) < 4.78 is 14.3. The average Bonchev–Trinajstić information content (AvgIpc) is 2.66. The second kappa shape index (κ2) is 8.59. The van der Waals surface area contributed by atoms with Gasteiger partial charge in [0.2, 0.25) is 0 Å². The summed E-state index contributed by atoms with van der Waals surface area (Å²) in [6.45, 7) is 1.86. The zero-order valence-corrected chi connectivity index (χ0v) is 17.0. The van der Waals surface area contributed by atoms with Crippen molar-refractivity contribution in [1.29, 1.82) is 0 Å². The first kappa shape index (κ1) is 20.8. The van der Waals surface area contributed by atoms with E-state index in [1.165, 1.54) is 12.1 Å². The van der Waals surface area contributed by atoms with Crippen molar-refractivity contribution in [3.63, 3.8) is 0 Å². The normalized spacial score (nSPS) is 11.7. The van der Waals surface area contributed by atoms with Crippen LogP contribution >= 0.6 is 23.8 Å². The Kier molecular flexibility index (Phi) is 6.15. The van der Waals surface area contributed by atoms with Crippen LogP contribution < -0.4 is 11.1 Å². The number of hydrogen-bond donors (Lipinski definition) is 3. The Bertz CT molecular complexity index is 1070. The van der Waals surface area contributed by atoms with Gasteiger partial charge in [-0.2, -0.15) is 0 Å². The summed E-state index contributed by atoms with van der Waals surface area (Å²) in [7, 11) is 0. The van der Waals surface area contributed by atoms with Gasteiger partial charge in [0.05, 0.1) is 10.7 Å². The number of aryl methyl sites for hydroxylation is 1. The van der Waals surface area contributed by atoms with E-state index in [1.54, 1.807) is 42.5 Å². The summed E-state index contributed by atoms with van der Waals surface area (Å²) in [5, 5.41) is 13.1. The first-order valence-electron chi connectivity index (χ1n) is 8.72. The number of hydrogen-bond acceptors (Lipinski definition) is 3. The van der Waals surface area contributed by atoms with Gasteiger partial charge in [-0.3, -0.25) is 4.79 Å². The molecule has 3 aromatic rings. The number of halogens is 2. The molecule has 0 aliphatic heterocycles. The molecule has 4 N–H and O–H groups in total. The zero-order valence-electron chi connectivity index (χ0n) is 15.4. The maximum absolute atomic E-state index is 14.3. The van der Waals surface area contributed by atoms with Crippen molar-refractivity contribution in [3.8, 4) is 0 Å². The number of nitrogens with one attached hydrogen (secondary N) is 1. The number of para-hydroxylation sites is 1. The van der Waals surface area contributed by atoms with Gasteiger partial charge >= 0.3 is 5.97 Å². The lowest BCUT2D eigenvalue weighted by Crippen LogP contribution is -2.16. The predicted octanol–water partition coefficient (Wildman–Crippen LogP) is 5.38. The van der Waals surface area contributed by atoms with Crippen LogP contribution in [0.25, 0.3) is 0 Å². The van der Waals surface area contributed by atoms with E-state index in [1.807, 2.05) is 13.0 Å². The lowest BCUT2D eigenvalue weighted by Gasteiger charge is -2.20. The summed E-state index contributed by atoms with van der Waals surface area (Å²) in [6, 6.07) is 16.4. The summed E-state index contributed by atoms with van der Waals surface area (Å²) in [4.78, 5) is 12.4. The van der Waals surface area contributed by atoms with Crippen LogP contribution in [0.1, 0.15) is 28.2 Å². The summed E-state index contributed by atoms with van der Waals surface area (Å²) in [5.74, 6) is -2.55. The minimum Gasteiger partial charge on any atom is -0.481 e. The fourth-order valence-electron chi connectivity index (χ4n) is 3.08. The Morgan fingerprint density at radius 2 is 1.86 bits per heavy atom. The highest BCUT2D eigenvalue weighted by molar-refractivity contribution is 7.80. The number of carbonyl (C=O) groups is 1. The molecule has 0 spiro atoms. The van der Waals surface area contributed by atoms with E-state index in [0.29, 0.717) is 22.4 Å². The molecule has 3 rings (SSSR count). The Balaban J connectivity index is 2.10. The third kappa shape index (κ3) is 4.55. The predicted molar refractivity (Wildman–Crippen MR) is 118 cm³/mol. The van der Waals surface area contributed by atoms with Crippen LogP contribution in [-0.2, 0) is 4.79 Å². The van der Waals surface area contributed by atoms with Gasteiger partial charge in [-0.15, -0.1) is 0 Å². The number of nitrogens with two attached hydrogens (primary N) is 1. The minimum atomic E-state index is -1.04. The molecule has 0 aromatic heterocycles. The quantitative estimate of drug-likeness (QED) is 0.459. The Morgan fingerprint density at radius 1 is 1.17 bits per heavy atom. The lowest BCUT2D eigenvalue weighted by molar-refractivity contribution is -0.137. The van der Waals surface area contributed by atoms with E-state index >= 15 is 0 Å². The number of carboxylic acids is 1.